The second-order valence-electron chi connectivity index (χ2n) is 6.43. The van der Waals surface area contributed by atoms with Crippen molar-refractivity contribution in [3.8, 4) is 0 Å². The average Bonchev–Trinajstić information content (AvgIpc) is 2.73. The number of nitrogens with zero attached hydrogens (tertiary/aromatic N) is 1. The van der Waals surface area contributed by atoms with Crippen molar-refractivity contribution >= 4 is 16.5 Å². The van der Waals surface area contributed by atoms with E-state index in [1.165, 1.54) is 48.8 Å². The van der Waals surface area contributed by atoms with Crippen LogP contribution in [-0.2, 0) is 0 Å². The zero-order valence-corrected chi connectivity index (χ0v) is 13.2. The quantitative estimate of drug-likeness (QED) is 0.890. The minimum Gasteiger partial charge on any atom is -0.382 e. The summed E-state index contributed by atoms with van der Waals surface area (Å²) >= 11 is 0. The highest BCUT2D eigenvalue weighted by molar-refractivity contribution is 5.93. The van der Waals surface area contributed by atoms with Gasteiger partial charge in [0.05, 0.1) is 0 Å². The van der Waals surface area contributed by atoms with Gasteiger partial charge in [-0.15, -0.1) is 0 Å². The minimum absolute atomic E-state index is 0.597. The van der Waals surface area contributed by atoms with Gasteiger partial charge in [-0.05, 0) is 51.1 Å². The number of likely N-dealkylation sites (tertiary alicyclic amines) is 1. The molecule has 112 valence electrons. The number of rotatable bonds is 3. The Labute approximate surface area is 128 Å². The summed E-state index contributed by atoms with van der Waals surface area (Å²) in [5, 5.41) is 6.45. The van der Waals surface area contributed by atoms with Gasteiger partial charge in [0.25, 0.3) is 0 Å². The van der Waals surface area contributed by atoms with E-state index in [-0.39, 0.29) is 0 Å². The van der Waals surface area contributed by atoms with E-state index >= 15 is 0 Å². The molecule has 1 heterocycles. The smallest absolute Gasteiger partial charge is 0.0422 e. The van der Waals surface area contributed by atoms with Gasteiger partial charge in [0.1, 0.15) is 0 Å². The van der Waals surface area contributed by atoms with E-state index in [1.807, 2.05) is 0 Å². The molecule has 2 heteroatoms. The minimum atomic E-state index is 0.597. The zero-order chi connectivity index (χ0) is 14.7. The van der Waals surface area contributed by atoms with Crippen molar-refractivity contribution in [2.45, 2.75) is 45.2 Å². The van der Waals surface area contributed by atoms with Crippen molar-refractivity contribution < 1.29 is 0 Å². The van der Waals surface area contributed by atoms with Crippen LogP contribution in [0, 0.1) is 0 Å². The molecule has 0 spiro atoms. The van der Waals surface area contributed by atoms with Crippen molar-refractivity contribution in [2.75, 3.05) is 18.4 Å². The van der Waals surface area contributed by atoms with Crippen LogP contribution in [-0.4, -0.2) is 30.1 Å². The molecule has 1 unspecified atom stereocenters. The zero-order valence-electron chi connectivity index (χ0n) is 13.2. The van der Waals surface area contributed by atoms with Crippen LogP contribution >= 0.6 is 0 Å². The normalized spacial score (nSPS) is 20.6. The third kappa shape index (κ3) is 3.38. The Morgan fingerprint density at radius 2 is 1.81 bits per heavy atom. The van der Waals surface area contributed by atoms with E-state index in [4.69, 9.17) is 0 Å². The molecule has 0 aliphatic carbocycles. The van der Waals surface area contributed by atoms with Gasteiger partial charge in [-0.1, -0.05) is 36.4 Å². The fourth-order valence-corrected chi connectivity index (χ4v) is 3.35. The topological polar surface area (TPSA) is 15.3 Å². The van der Waals surface area contributed by atoms with Gasteiger partial charge in [-0.25, -0.2) is 0 Å². The van der Waals surface area contributed by atoms with Crippen LogP contribution in [0.2, 0.25) is 0 Å². The molecule has 1 aliphatic rings. The van der Waals surface area contributed by atoms with E-state index in [0.29, 0.717) is 12.1 Å². The molecular formula is C19H26N2. The predicted molar refractivity (Wildman–Crippen MR) is 91.9 cm³/mol. The van der Waals surface area contributed by atoms with Crippen LogP contribution < -0.4 is 5.32 Å². The molecule has 0 saturated carbocycles. The molecule has 0 amide bonds. The fourth-order valence-electron chi connectivity index (χ4n) is 3.35. The summed E-state index contributed by atoms with van der Waals surface area (Å²) in [6.07, 6.45) is 3.80. The van der Waals surface area contributed by atoms with Crippen molar-refractivity contribution in [2.24, 2.45) is 0 Å². The molecule has 0 bridgehead atoms. The number of hydrogen-bond donors (Lipinski definition) is 1. The first kappa shape index (κ1) is 14.4. The van der Waals surface area contributed by atoms with E-state index in [0.717, 1.165) is 0 Å². The molecule has 1 atom stereocenters. The fraction of sp³-hybridized carbons (Fsp3) is 0.474. The van der Waals surface area contributed by atoms with Crippen molar-refractivity contribution in [1.82, 2.24) is 4.90 Å². The summed E-state index contributed by atoms with van der Waals surface area (Å²) in [4.78, 5) is 2.60. The largest absolute Gasteiger partial charge is 0.382 e. The summed E-state index contributed by atoms with van der Waals surface area (Å²) < 4.78 is 0. The number of benzene rings is 2. The van der Waals surface area contributed by atoms with Crippen LogP contribution in [0.25, 0.3) is 10.8 Å². The Morgan fingerprint density at radius 1 is 1.00 bits per heavy atom. The first-order valence-corrected chi connectivity index (χ1v) is 8.22. The monoisotopic (exact) mass is 282 g/mol. The molecule has 1 aliphatic heterocycles. The Bertz CT molecular complexity index is 586. The summed E-state index contributed by atoms with van der Waals surface area (Å²) in [5.74, 6) is 0. The summed E-state index contributed by atoms with van der Waals surface area (Å²) in [6, 6.07) is 16.5. The molecule has 2 nitrogen and oxygen atoms in total. The second kappa shape index (κ2) is 6.48. The van der Waals surface area contributed by atoms with E-state index in [9.17, 15) is 0 Å². The Morgan fingerprint density at radius 3 is 2.67 bits per heavy atom. The Hall–Kier alpha value is -1.54. The van der Waals surface area contributed by atoms with Gasteiger partial charge < -0.3 is 10.2 Å². The third-order valence-corrected chi connectivity index (χ3v) is 4.64. The van der Waals surface area contributed by atoms with Crippen LogP contribution in [0.5, 0.6) is 0 Å². The molecule has 0 aromatic heterocycles. The lowest BCUT2D eigenvalue weighted by Crippen LogP contribution is -2.32. The highest BCUT2D eigenvalue weighted by atomic mass is 15.1. The summed E-state index contributed by atoms with van der Waals surface area (Å²) in [6.45, 7) is 7.06. The van der Waals surface area contributed by atoms with Crippen LogP contribution in [0.1, 0.15) is 33.1 Å². The molecule has 2 aromatic rings. The maximum absolute atomic E-state index is 3.80. The third-order valence-electron chi connectivity index (χ3n) is 4.64. The number of fused-ring (bicyclic) bond motifs is 1. The number of anilines is 1. The van der Waals surface area contributed by atoms with E-state index < -0.39 is 0 Å². The van der Waals surface area contributed by atoms with E-state index in [2.05, 4.69) is 66.5 Å². The van der Waals surface area contributed by atoms with Gasteiger partial charge in [-0.3, -0.25) is 0 Å². The van der Waals surface area contributed by atoms with Gasteiger partial charge >= 0.3 is 0 Å². The van der Waals surface area contributed by atoms with Crippen LogP contribution in [0.3, 0.4) is 0 Å². The van der Waals surface area contributed by atoms with E-state index in [1.54, 1.807) is 0 Å². The highest BCUT2D eigenvalue weighted by Crippen LogP contribution is 2.25. The first-order chi connectivity index (χ1) is 10.2. The molecule has 1 fully saturated rings. The summed E-state index contributed by atoms with van der Waals surface area (Å²) in [7, 11) is 0. The molecule has 0 radical (unpaired) electrons. The van der Waals surface area contributed by atoms with Gasteiger partial charge in [0.2, 0.25) is 0 Å². The SMILES string of the molecule is CC(C)N1CCCC(Nc2cccc3ccccc23)CC1. The molecule has 1 N–H and O–H groups in total. The van der Waals surface area contributed by atoms with Gasteiger partial charge in [-0.2, -0.15) is 0 Å². The lowest BCUT2D eigenvalue weighted by molar-refractivity contribution is 0.230. The number of hydrogen-bond acceptors (Lipinski definition) is 2. The second-order valence-corrected chi connectivity index (χ2v) is 6.43. The molecule has 21 heavy (non-hydrogen) atoms. The summed E-state index contributed by atoms with van der Waals surface area (Å²) in [5.41, 5.74) is 1.29. The highest BCUT2D eigenvalue weighted by Gasteiger charge is 2.18. The molecule has 1 saturated heterocycles. The van der Waals surface area contributed by atoms with Crippen molar-refractivity contribution in [3.05, 3.63) is 42.5 Å². The lowest BCUT2D eigenvalue weighted by atomic mass is 10.1. The number of nitrogens with one attached hydrogen (secondary N) is 1. The average molecular weight is 282 g/mol. The van der Waals surface area contributed by atoms with Gasteiger partial charge in [0.15, 0.2) is 0 Å². The van der Waals surface area contributed by atoms with Crippen LogP contribution in [0.4, 0.5) is 5.69 Å². The molecular weight excluding hydrogens is 256 g/mol. The maximum Gasteiger partial charge on any atom is 0.0422 e. The molecule has 3 rings (SSSR count). The standard InChI is InChI=1S/C19H26N2/c1-15(2)21-13-6-9-17(12-14-21)20-19-11-5-8-16-7-3-4-10-18(16)19/h3-5,7-8,10-11,15,17,20H,6,9,12-14H2,1-2H3. The maximum atomic E-state index is 3.80. The predicted octanol–water partition coefficient (Wildman–Crippen LogP) is 4.51. The Kier molecular flexibility index (Phi) is 4.45. The van der Waals surface area contributed by atoms with Crippen molar-refractivity contribution in [1.29, 1.82) is 0 Å². The van der Waals surface area contributed by atoms with Crippen molar-refractivity contribution in [3.63, 3.8) is 0 Å². The van der Waals surface area contributed by atoms with Gasteiger partial charge in [0, 0.05) is 29.7 Å². The molecule has 2 aromatic carbocycles. The lowest BCUT2D eigenvalue weighted by Gasteiger charge is -2.24. The first-order valence-electron chi connectivity index (χ1n) is 8.22. The Balaban J connectivity index is 1.73. The van der Waals surface area contributed by atoms with Crippen LogP contribution in [0.15, 0.2) is 42.5 Å².